The Morgan fingerprint density at radius 1 is 1.24 bits per heavy atom. The molecule has 1 N–H and O–H groups in total. The molecule has 0 saturated carbocycles. The van der Waals surface area contributed by atoms with Crippen LogP contribution in [-0.2, 0) is 0 Å². The minimum Gasteiger partial charge on any atom is -0.497 e. The van der Waals surface area contributed by atoms with Crippen molar-refractivity contribution in [2.75, 3.05) is 12.4 Å². The summed E-state index contributed by atoms with van der Waals surface area (Å²) >= 11 is 6.82. The van der Waals surface area contributed by atoms with E-state index in [1.54, 1.807) is 13.3 Å². The van der Waals surface area contributed by atoms with E-state index in [0.717, 1.165) is 26.2 Å². The molecular weight excluding hydrogens is 348 g/mol. The molecule has 0 aliphatic rings. The number of pyridine rings is 1. The van der Waals surface area contributed by atoms with Gasteiger partial charge in [-0.3, -0.25) is 0 Å². The van der Waals surface area contributed by atoms with Gasteiger partial charge in [-0.2, -0.15) is 0 Å². The number of ether oxygens (including phenoxy) is 1. The van der Waals surface area contributed by atoms with E-state index in [4.69, 9.17) is 4.74 Å². The first-order chi connectivity index (χ1) is 8.19. The fourth-order valence-corrected chi connectivity index (χ4v) is 2.43. The number of hydrogen-bond acceptors (Lipinski definition) is 3. The van der Waals surface area contributed by atoms with Crippen molar-refractivity contribution >= 4 is 43.4 Å². The van der Waals surface area contributed by atoms with E-state index in [9.17, 15) is 0 Å². The van der Waals surface area contributed by atoms with Gasteiger partial charge in [0.15, 0.2) is 0 Å². The molecule has 0 fully saturated rings. The van der Waals surface area contributed by atoms with Crippen molar-refractivity contribution in [2.24, 2.45) is 0 Å². The van der Waals surface area contributed by atoms with E-state index in [2.05, 4.69) is 42.2 Å². The van der Waals surface area contributed by atoms with Crippen molar-refractivity contribution in [1.29, 1.82) is 0 Å². The van der Waals surface area contributed by atoms with Crippen molar-refractivity contribution in [3.05, 3.63) is 45.5 Å². The second-order valence-corrected chi connectivity index (χ2v) is 5.11. The summed E-state index contributed by atoms with van der Waals surface area (Å²) in [6.07, 6.45) is 1.74. The predicted octanol–water partition coefficient (Wildman–Crippen LogP) is 4.36. The van der Waals surface area contributed by atoms with Gasteiger partial charge in [0.2, 0.25) is 0 Å². The maximum absolute atomic E-state index is 5.16. The van der Waals surface area contributed by atoms with Crippen LogP contribution < -0.4 is 10.1 Å². The number of halogens is 2. The van der Waals surface area contributed by atoms with Crippen LogP contribution in [-0.4, -0.2) is 12.1 Å². The molecular formula is C12H10Br2N2O. The Kier molecular flexibility index (Phi) is 4.02. The van der Waals surface area contributed by atoms with Gasteiger partial charge in [-0.1, -0.05) is 6.07 Å². The molecule has 2 rings (SSSR count). The summed E-state index contributed by atoms with van der Waals surface area (Å²) in [5, 5.41) is 3.22. The highest BCUT2D eigenvalue weighted by Crippen LogP contribution is 2.27. The average molecular weight is 358 g/mol. The molecule has 0 atom stereocenters. The lowest BCUT2D eigenvalue weighted by Gasteiger charge is -2.08. The summed E-state index contributed by atoms with van der Waals surface area (Å²) in [4.78, 5) is 4.28. The van der Waals surface area contributed by atoms with Gasteiger partial charge in [0.1, 0.15) is 11.6 Å². The summed E-state index contributed by atoms with van der Waals surface area (Å²) in [7, 11) is 1.65. The number of rotatable bonds is 3. The van der Waals surface area contributed by atoms with E-state index in [0.29, 0.717) is 0 Å². The van der Waals surface area contributed by atoms with Crippen molar-refractivity contribution in [3.63, 3.8) is 0 Å². The Morgan fingerprint density at radius 2 is 2.06 bits per heavy atom. The highest BCUT2D eigenvalue weighted by atomic mass is 79.9. The molecule has 0 radical (unpaired) electrons. The molecule has 0 aliphatic carbocycles. The van der Waals surface area contributed by atoms with Crippen LogP contribution >= 0.6 is 31.9 Å². The Morgan fingerprint density at radius 3 is 2.76 bits per heavy atom. The second kappa shape index (κ2) is 5.51. The summed E-state index contributed by atoms with van der Waals surface area (Å²) in [5.74, 6) is 1.57. The molecule has 0 unspecified atom stereocenters. The number of nitrogens with zero attached hydrogens (tertiary/aromatic N) is 1. The van der Waals surface area contributed by atoms with Gasteiger partial charge in [0.05, 0.1) is 11.6 Å². The highest BCUT2D eigenvalue weighted by molar-refractivity contribution is 9.11. The van der Waals surface area contributed by atoms with Crippen LogP contribution in [0.25, 0.3) is 0 Å². The number of methoxy groups -OCH3 is 1. The number of aromatic nitrogens is 1. The molecule has 0 saturated heterocycles. The number of nitrogens with one attached hydrogen (secondary N) is 1. The molecule has 0 bridgehead atoms. The first-order valence-electron chi connectivity index (χ1n) is 4.91. The summed E-state index contributed by atoms with van der Waals surface area (Å²) in [6.45, 7) is 0. The van der Waals surface area contributed by atoms with Crippen LogP contribution in [0.1, 0.15) is 0 Å². The highest BCUT2D eigenvalue weighted by Gasteiger charge is 2.03. The molecule has 0 aliphatic heterocycles. The van der Waals surface area contributed by atoms with Gasteiger partial charge in [-0.15, -0.1) is 0 Å². The van der Waals surface area contributed by atoms with Crippen LogP contribution in [0.3, 0.4) is 0 Å². The lowest BCUT2D eigenvalue weighted by atomic mass is 10.3. The summed E-state index contributed by atoms with van der Waals surface area (Å²) < 4.78 is 6.99. The zero-order valence-electron chi connectivity index (χ0n) is 9.08. The van der Waals surface area contributed by atoms with Crippen LogP contribution in [0.2, 0.25) is 0 Å². The smallest absolute Gasteiger partial charge is 0.144 e. The van der Waals surface area contributed by atoms with E-state index in [1.165, 1.54) is 0 Å². The lowest BCUT2D eigenvalue weighted by Crippen LogP contribution is -1.95. The van der Waals surface area contributed by atoms with Gasteiger partial charge in [-0.05, 0) is 50.1 Å². The number of hydrogen-bond donors (Lipinski definition) is 1. The zero-order valence-corrected chi connectivity index (χ0v) is 12.2. The third-order valence-electron chi connectivity index (χ3n) is 2.14. The monoisotopic (exact) mass is 356 g/mol. The number of anilines is 2. The fraction of sp³-hybridized carbons (Fsp3) is 0.0833. The normalized spacial score (nSPS) is 10.1. The quantitative estimate of drug-likeness (QED) is 0.886. The molecule has 1 aromatic carbocycles. The third kappa shape index (κ3) is 3.20. The van der Waals surface area contributed by atoms with Crippen molar-refractivity contribution in [2.45, 2.75) is 0 Å². The first-order valence-corrected chi connectivity index (χ1v) is 6.50. The van der Waals surface area contributed by atoms with Gasteiger partial charge >= 0.3 is 0 Å². The van der Waals surface area contributed by atoms with Crippen molar-refractivity contribution < 1.29 is 4.74 Å². The number of benzene rings is 1. The molecule has 5 heteroatoms. The van der Waals surface area contributed by atoms with Gasteiger partial charge in [0.25, 0.3) is 0 Å². The van der Waals surface area contributed by atoms with Crippen molar-refractivity contribution in [1.82, 2.24) is 4.98 Å². The maximum atomic E-state index is 5.16. The molecule has 0 amide bonds. The summed E-state index contributed by atoms with van der Waals surface area (Å²) in [6, 6.07) is 9.63. The predicted molar refractivity (Wildman–Crippen MR) is 75.9 cm³/mol. The standard InChI is InChI=1S/C12H10Br2N2O/c1-17-10-4-2-3-9(6-10)16-12-11(14)5-8(13)7-15-12/h2-7H,1H3,(H,15,16). The van der Waals surface area contributed by atoms with Crippen LogP contribution in [0.15, 0.2) is 45.5 Å². The molecule has 3 nitrogen and oxygen atoms in total. The molecule has 1 aromatic heterocycles. The van der Waals surface area contributed by atoms with E-state index >= 15 is 0 Å². The van der Waals surface area contributed by atoms with Crippen LogP contribution in [0, 0.1) is 0 Å². The van der Waals surface area contributed by atoms with Gasteiger partial charge in [0, 0.05) is 22.4 Å². The zero-order chi connectivity index (χ0) is 12.3. The van der Waals surface area contributed by atoms with E-state index in [1.807, 2.05) is 30.3 Å². The maximum Gasteiger partial charge on any atom is 0.144 e. The Bertz CT molecular complexity index is 532. The van der Waals surface area contributed by atoms with Crippen molar-refractivity contribution in [3.8, 4) is 5.75 Å². The van der Waals surface area contributed by atoms with Crippen LogP contribution in [0.4, 0.5) is 11.5 Å². The summed E-state index contributed by atoms with van der Waals surface area (Å²) in [5.41, 5.74) is 0.930. The molecule has 0 spiro atoms. The topological polar surface area (TPSA) is 34.1 Å². The van der Waals surface area contributed by atoms with Gasteiger partial charge < -0.3 is 10.1 Å². The van der Waals surface area contributed by atoms with Crippen LogP contribution in [0.5, 0.6) is 5.75 Å². The fourth-order valence-electron chi connectivity index (χ4n) is 1.34. The minimum atomic E-state index is 0.765. The Hall–Kier alpha value is -1.07. The third-order valence-corrected chi connectivity index (χ3v) is 3.18. The SMILES string of the molecule is COc1cccc(Nc2ncc(Br)cc2Br)c1. The Balaban J connectivity index is 2.25. The molecule has 88 valence electrons. The van der Waals surface area contributed by atoms with E-state index in [-0.39, 0.29) is 0 Å². The minimum absolute atomic E-state index is 0.765. The molecule has 17 heavy (non-hydrogen) atoms. The largest absolute Gasteiger partial charge is 0.497 e. The average Bonchev–Trinajstić information content (AvgIpc) is 2.33. The van der Waals surface area contributed by atoms with E-state index < -0.39 is 0 Å². The lowest BCUT2D eigenvalue weighted by molar-refractivity contribution is 0.415. The van der Waals surface area contributed by atoms with Gasteiger partial charge in [-0.25, -0.2) is 4.98 Å². The molecule has 1 heterocycles. The second-order valence-electron chi connectivity index (χ2n) is 3.34. The Labute approximate surface area is 116 Å². The molecule has 2 aromatic rings. The first kappa shape index (κ1) is 12.4.